The van der Waals surface area contributed by atoms with Gasteiger partial charge >= 0.3 is 12.1 Å². The smallest absolute Gasteiger partial charge is 0.440 e. The van der Waals surface area contributed by atoms with Gasteiger partial charge in [-0.2, -0.15) is 18.2 Å². The molecule has 1 aromatic heterocycles. The Hall–Kier alpha value is -1.99. The highest BCUT2D eigenvalue weighted by Gasteiger charge is 2.42. The minimum atomic E-state index is -4.91. The summed E-state index contributed by atoms with van der Waals surface area (Å²) in [6, 6.07) is 1.41. The van der Waals surface area contributed by atoms with E-state index in [-0.39, 0.29) is 0 Å². The van der Waals surface area contributed by atoms with Crippen molar-refractivity contribution in [2.45, 2.75) is 6.18 Å². The molecule has 0 spiro atoms. The second-order valence-electron chi connectivity index (χ2n) is 2.50. The lowest BCUT2D eigenvalue weighted by Gasteiger charge is -2.07. The average molecular weight is 233 g/mol. The van der Waals surface area contributed by atoms with Gasteiger partial charge in [0.1, 0.15) is 0 Å². The SMILES string of the molecule is COC(=O)C(=Nc1ncccn1)C(F)(F)F. The molecule has 1 heterocycles. The van der Waals surface area contributed by atoms with Gasteiger partial charge in [0.15, 0.2) is 0 Å². The number of hydrogen-bond donors (Lipinski definition) is 0. The highest BCUT2D eigenvalue weighted by molar-refractivity contribution is 6.39. The molecule has 0 amide bonds. The molecule has 0 saturated heterocycles. The van der Waals surface area contributed by atoms with Crippen LogP contribution in [0.3, 0.4) is 0 Å². The third-order valence-corrected chi connectivity index (χ3v) is 1.41. The van der Waals surface area contributed by atoms with Crippen LogP contribution in [0.2, 0.25) is 0 Å². The summed E-state index contributed by atoms with van der Waals surface area (Å²) in [6.45, 7) is 0. The van der Waals surface area contributed by atoms with Crippen molar-refractivity contribution in [1.29, 1.82) is 0 Å². The fraction of sp³-hybridized carbons (Fsp3) is 0.250. The predicted octanol–water partition coefficient (Wildman–Crippen LogP) is 1.28. The molecule has 0 unspecified atom stereocenters. The Morgan fingerprint density at radius 2 is 1.94 bits per heavy atom. The summed E-state index contributed by atoms with van der Waals surface area (Å²) in [5, 5.41) is 0. The maximum absolute atomic E-state index is 12.4. The van der Waals surface area contributed by atoms with Crippen LogP contribution < -0.4 is 0 Å². The van der Waals surface area contributed by atoms with Gasteiger partial charge < -0.3 is 4.74 Å². The van der Waals surface area contributed by atoms with Crippen LogP contribution in [0.5, 0.6) is 0 Å². The number of aromatic nitrogens is 2. The van der Waals surface area contributed by atoms with E-state index in [0.29, 0.717) is 0 Å². The van der Waals surface area contributed by atoms with Gasteiger partial charge in [-0.25, -0.2) is 14.8 Å². The first-order chi connectivity index (χ1) is 7.45. The highest BCUT2D eigenvalue weighted by Crippen LogP contribution is 2.20. The van der Waals surface area contributed by atoms with Crippen molar-refractivity contribution in [2.75, 3.05) is 7.11 Å². The largest absolute Gasteiger partial charge is 0.464 e. The van der Waals surface area contributed by atoms with Crippen LogP contribution in [0, 0.1) is 0 Å². The first-order valence-corrected chi connectivity index (χ1v) is 3.96. The molecule has 0 atom stereocenters. The van der Waals surface area contributed by atoms with Crippen molar-refractivity contribution in [1.82, 2.24) is 9.97 Å². The molecule has 1 aromatic rings. The van der Waals surface area contributed by atoms with Crippen molar-refractivity contribution < 1.29 is 22.7 Å². The number of hydrogen-bond acceptors (Lipinski definition) is 5. The summed E-state index contributed by atoms with van der Waals surface area (Å²) < 4.78 is 41.0. The molecule has 0 N–H and O–H groups in total. The van der Waals surface area contributed by atoms with Gasteiger partial charge in [0, 0.05) is 12.4 Å². The number of carbonyl (C=O) groups is 1. The van der Waals surface area contributed by atoms with E-state index in [9.17, 15) is 18.0 Å². The molecule has 0 aromatic carbocycles. The molecule has 0 saturated carbocycles. The molecule has 0 aliphatic carbocycles. The van der Waals surface area contributed by atoms with E-state index >= 15 is 0 Å². The Morgan fingerprint density at radius 3 is 2.38 bits per heavy atom. The predicted molar refractivity (Wildman–Crippen MR) is 47.2 cm³/mol. The maximum atomic E-state index is 12.4. The Bertz CT molecular complexity index is 403. The lowest BCUT2D eigenvalue weighted by atomic mass is 10.3. The van der Waals surface area contributed by atoms with E-state index in [4.69, 9.17) is 0 Å². The number of alkyl halides is 3. The van der Waals surface area contributed by atoms with Gasteiger partial charge in [0.25, 0.3) is 0 Å². The molecule has 0 bridgehead atoms. The number of halogens is 3. The molecule has 0 fully saturated rings. The first kappa shape index (κ1) is 12.1. The molecule has 5 nitrogen and oxygen atoms in total. The third-order valence-electron chi connectivity index (χ3n) is 1.41. The number of carbonyl (C=O) groups excluding carboxylic acids is 1. The minimum absolute atomic E-state index is 0.458. The summed E-state index contributed by atoms with van der Waals surface area (Å²) in [5.74, 6) is -2.04. The van der Waals surface area contributed by atoms with Gasteiger partial charge in [-0.05, 0) is 6.07 Å². The van der Waals surface area contributed by atoms with Gasteiger partial charge in [-0.3, -0.25) is 0 Å². The van der Waals surface area contributed by atoms with E-state index in [1.807, 2.05) is 0 Å². The molecule has 86 valence electrons. The van der Waals surface area contributed by atoms with Crippen molar-refractivity contribution in [2.24, 2.45) is 4.99 Å². The van der Waals surface area contributed by atoms with Crippen LogP contribution in [-0.4, -0.2) is 34.9 Å². The highest BCUT2D eigenvalue weighted by atomic mass is 19.4. The van der Waals surface area contributed by atoms with Crippen LogP contribution in [0.15, 0.2) is 23.5 Å². The van der Waals surface area contributed by atoms with Crippen LogP contribution >= 0.6 is 0 Å². The van der Waals surface area contributed by atoms with Gasteiger partial charge in [0.2, 0.25) is 11.7 Å². The fourth-order valence-electron chi connectivity index (χ4n) is 0.770. The zero-order valence-electron chi connectivity index (χ0n) is 8.02. The number of rotatable bonds is 2. The van der Waals surface area contributed by atoms with E-state index in [2.05, 4.69) is 19.7 Å². The van der Waals surface area contributed by atoms with Gasteiger partial charge in [0.05, 0.1) is 7.11 Å². The molecule has 16 heavy (non-hydrogen) atoms. The van der Waals surface area contributed by atoms with E-state index in [1.54, 1.807) is 0 Å². The quantitative estimate of drug-likeness (QED) is 0.570. The molecule has 0 aliphatic heterocycles. The van der Waals surface area contributed by atoms with Crippen LogP contribution in [0.1, 0.15) is 0 Å². The monoisotopic (exact) mass is 233 g/mol. The van der Waals surface area contributed by atoms with Crippen molar-refractivity contribution in [3.63, 3.8) is 0 Å². The number of methoxy groups -OCH3 is 1. The Morgan fingerprint density at radius 1 is 1.38 bits per heavy atom. The van der Waals surface area contributed by atoms with E-state index in [0.717, 1.165) is 7.11 Å². The van der Waals surface area contributed by atoms with Gasteiger partial charge in [-0.1, -0.05) is 0 Å². The number of ether oxygens (including phenoxy) is 1. The topological polar surface area (TPSA) is 64.4 Å². The van der Waals surface area contributed by atoms with Crippen LogP contribution in [0.4, 0.5) is 19.1 Å². The minimum Gasteiger partial charge on any atom is -0.464 e. The lowest BCUT2D eigenvalue weighted by molar-refractivity contribution is -0.137. The zero-order valence-corrected chi connectivity index (χ0v) is 8.02. The van der Waals surface area contributed by atoms with Crippen molar-refractivity contribution in [3.8, 4) is 0 Å². The summed E-state index contributed by atoms with van der Waals surface area (Å²) in [6.07, 6.45) is -2.50. The van der Waals surface area contributed by atoms with Gasteiger partial charge in [-0.15, -0.1) is 0 Å². The van der Waals surface area contributed by atoms with Crippen LogP contribution in [0.25, 0.3) is 0 Å². The molecular weight excluding hydrogens is 227 g/mol. The molecule has 1 rings (SSSR count). The average Bonchev–Trinajstić information content (AvgIpc) is 2.25. The summed E-state index contributed by atoms with van der Waals surface area (Å²) in [5.41, 5.74) is -1.69. The number of aliphatic imine (C=N–C) groups is 1. The summed E-state index contributed by atoms with van der Waals surface area (Å²) >= 11 is 0. The number of esters is 1. The van der Waals surface area contributed by atoms with Crippen molar-refractivity contribution >= 4 is 17.6 Å². The second kappa shape index (κ2) is 4.69. The Labute approximate surface area is 88.0 Å². The lowest BCUT2D eigenvalue weighted by Crippen LogP contribution is -2.32. The zero-order chi connectivity index (χ0) is 12.2. The Kier molecular flexibility index (Phi) is 3.54. The normalized spacial score (nSPS) is 12.4. The van der Waals surface area contributed by atoms with Crippen molar-refractivity contribution in [3.05, 3.63) is 18.5 Å². The number of nitrogens with zero attached hydrogens (tertiary/aromatic N) is 3. The fourth-order valence-corrected chi connectivity index (χ4v) is 0.770. The second-order valence-corrected chi connectivity index (χ2v) is 2.50. The summed E-state index contributed by atoms with van der Waals surface area (Å²) in [4.78, 5) is 20.7. The van der Waals surface area contributed by atoms with E-state index in [1.165, 1.54) is 18.5 Å². The molecular formula is C8H6F3N3O2. The third kappa shape index (κ3) is 3.01. The standard InChI is InChI=1S/C8H6F3N3O2/c1-16-6(15)5(8(9,10)11)14-7-12-3-2-4-13-7/h2-4H,1H3. The Balaban J connectivity index is 3.12. The van der Waals surface area contributed by atoms with Crippen LogP contribution in [-0.2, 0) is 9.53 Å². The molecule has 8 heteroatoms. The van der Waals surface area contributed by atoms with E-state index < -0.39 is 23.8 Å². The molecule has 0 radical (unpaired) electrons. The molecule has 0 aliphatic rings. The maximum Gasteiger partial charge on any atom is 0.440 e. The summed E-state index contributed by atoms with van der Waals surface area (Å²) in [7, 11) is 0.829. The first-order valence-electron chi connectivity index (χ1n) is 3.96.